The molecule has 0 radical (unpaired) electrons. The Morgan fingerprint density at radius 2 is 1.79 bits per heavy atom. The third-order valence-corrected chi connectivity index (χ3v) is 5.88. The van der Waals surface area contributed by atoms with Gasteiger partial charge in [0.2, 0.25) is 0 Å². The Morgan fingerprint density at radius 3 is 2.59 bits per heavy atom. The van der Waals surface area contributed by atoms with Gasteiger partial charge in [0.1, 0.15) is 12.4 Å². The van der Waals surface area contributed by atoms with Crippen LogP contribution in [0.2, 0.25) is 0 Å². The fourth-order valence-corrected chi connectivity index (χ4v) is 4.49. The van der Waals surface area contributed by atoms with Gasteiger partial charge in [-0.2, -0.15) is 0 Å². The summed E-state index contributed by atoms with van der Waals surface area (Å²) in [5.41, 5.74) is 5.21. The number of nitrogens with one attached hydrogen (secondary N) is 1. The lowest BCUT2D eigenvalue weighted by Crippen LogP contribution is -1.97. The largest absolute Gasteiger partial charge is 0.488 e. The number of methoxy groups -OCH3 is 1. The van der Waals surface area contributed by atoms with Crippen molar-refractivity contribution in [1.82, 2.24) is 9.97 Å². The average Bonchev–Trinajstić information content (AvgIpc) is 3.41. The smallest absolute Gasteiger partial charge is 0.129 e. The first-order valence-corrected chi connectivity index (χ1v) is 10.3. The zero-order valence-electron chi connectivity index (χ0n) is 16.0. The number of thiophene rings is 1. The first kappa shape index (κ1) is 17.9. The number of aromatic amines is 1. The highest BCUT2D eigenvalue weighted by atomic mass is 32.1. The van der Waals surface area contributed by atoms with E-state index < -0.39 is 0 Å². The molecule has 0 saturated carbocycles. The number of pyridine rings is 1. The van der Waals surface area contributed by atoms with Crippen molar-refractivity contribution in [3.63, 3.8) is 0 Å². The molecule has 3 heterocycles. The van der Waals surface area contributed by atoms with Crippen molar-refractivity contribution < 1.29 is 9.47 Å². The van der Waals surface area contributed by atoms with E-state index in [2.05, 4.69) is 34.6 Å². The van der Waals surface area contributed by atoms with Gasteiger partial charge in [-0.3, -0.25) is 4.98 Å². The first-order valence-electron chi connectivity index (χ1n) is 9.47. The number of rotatable bonds is 6. The minimum Gasteiger partial charge on any atom is -0.488 e. The molecule has 0 aliphatic rings. The maximum atomic E-state index is 6.26. The highest BCUT2D eigenvalue weighted by Gasteiger charge is 2.18. The molecule has 0 aliphatic carbocycles. The van der Waals surface area contributed by atoms with Crippen molar-refractivity contribution in [2.75, 3.05) is 7.11 Å². The Bertz CT molecular complexity index is 1260. The Balaban J connectivity index is 1.70. The molecule has 29 heavy (non-hydrogen) atoms. The lowest BCUT2D eigenvalue weighted by atomic mass is 10.0. The molecule has 4 nitrogen and oxygen atoms in total. The average molecular weight is 401 g/mol. The molecule has 0 amide bonds. The lowest BCUT2D eigenvalue weighted by Gasteiger charge is -2.11. The van der Waals surface area contributed by atoms with E-state index in [1.165, 1.54) is 0 Å². The monoisotopic (exact) mass is 400 g/mol. The minimum absolute atomic E-state index is 0.484. The summed E-state index contributed by atoms with van der Waals surface area (Å²) in [6, 6.07) is 20.5. The fourth-order valence-electron chi connectivity index (χ4n) is 3.74. The number of benzene rings is 2. The molecule has 0 unspecified atom stereocenters. The Hall–Kier alpha value is -3.15. The molecular formula is C24H20N2O2S. The predicted octanol–water partition coefficient (Wildman–Crippen LogP) is 6.17. The summed E-state index contributed by atoms with van der Waals surface area (Å²) >= 11 is 1.68. The van der Waals surface area contributed by atoms with Gasteiger partial charge in [-0.05, 0) is 29.1 Å². The number of aromatic nitrogens is 2. The second-order valence-corrected chi connectivity index (χ2v) is 7.81. The third kappa shape index (κ3) is 3.28. The molecule has 0 aliphatic heterocycles. The minimum atomic E-state index is 0.484. The number of ether oxygens (including phenoxy) is 2. The van der Waals surface area contributed by atoms with Gasteiger partial charge < -0.3 is 14.5 Å². The summed E-state index contributed by atoms with van der Waals surface area (Å²) in [6.45, 7) is 1.01. The van der Waals surface area contributed by atoms with Gasteiger partial charge in [0.05, 0.1) is 34.4 Å². The maximum Gasteiger partial charge on any atom is 0.129 e. The highest BCUT2D eigenvalue weighted by Crippen LogP contribution is 2.39. The van der Waals surface area contributed by atoms with Crippen LogP contribution in [-0.4, -0.2) is 17.1 Å². The Kier molecular flexibility index (Phi) is 4.76. The quantitative estimate of drug-likeness (QED) is 0.371. The molecule has 0 bridgehead atoms. The molecule has 0 atom stereocenters. The molecular weight excluding hydrogens is 380 g/mol. The molecule has 2 aromatic carbocycles. The summed E-state index contributed by atoms with van der Waals surface area (Å²) in [6.07, 6.45) is 1.91. The van der Waals surface area contributed by atoms with Crippen LogP contribution in [0.3, 0.4) is 0 Å². The molecule has 3 aromatic heterocycles. The van der Waals surface area contributed by atoms with E-state index in [9.17, 15) is 0 Å². The molecule has 0 spiro atoms. The van der Waals surface area contributed by atoms with E-state index in [0.29, 0.717) is 13.2 Å². The normalized spacial score (nSPS) is 11.3. The second-order valence-electron chi connectivity index (χ2n) is 6.86. The van der Waals surface area contributed by atoms with E-state index in [1.807, 2.05) is 42.6 Å². The Labute approximate surface area is 172 Å². The SMILES string of the molecule is COCc1c(-c2cccs2)ncc2[nH]c3cccc(OCc4ccccc4)c3c12. The summed E-state index contributed by atoms with van der Waals surface area (Å²) in [5, 5.41) is 4.26. The molecule has 5 heteroatoms. The van der Waals surface area contributed by atoms with Gasteiger partial charge in [-0.15, -0.1) is 11.3 Å². The lowest BCUT2D eigenvalue weighted by molar-refractivity contribution is 0.186. The molecule has 144 valence electrons. The summed E-state index contributed by atoms with van der Waals surface area (Å²) in [4.78, 5) is 9.37. The van der Waals surface area contributed by atoms with E-state index >= 15 is 0 Å². The molecule has 0 saturated heterocycles. The zero-order valence-corrected chi connectivity index (χ0v) is 16.8. The number of H-pyrrole nitrogens is 1. The first-order chi connectivity index (χ1) is 14.3. The fraction of sp³-hybridized carbons (Fsp3) is 0.125. The number of fused-ring (bicyclic) bond motifs is 3. The van der Waals surface area contributed by atoms with Crippen LogP contribution in [0.1, 0.15) is 11.1 Å². The van der Waals surface area contributed by atoms with Crippen LogP contribution in [0.15, 0.2) is 72.2 Å². The summed E-state index contributed by atoms with van der Waals surface area (Å²) < 4.78 is 11.8. The van der Waals surface area contributed by atoms with E-state index in [0.717, 1.165) is 49.3 Å². The number of nitrogens with zero attached hydrogens (tertiary/aromatic N) is 1. The van der Waals surface area contributed by atoms with Crippen molar-refractivity contribution in [2.24, 2.45) is 0 Å². The van der Waals surface area contributed by atoms with Crippen LogP contribution in [-0.2, 0) is 18.0 Å². The molecule has 0 fully saturated rings. The van der Waals surface area contributed by atoms with Crippen molar-refractivity contribution in [3.8, 4) is 16.3 Å². The van der Waals surface area contributed by atoms with Gasteiger partial charge in [0.15, 0.2) is 0 Å². The van der Waals surface area contributed by atoms with Crippen LogP contribution in [0.25, 0.3) is 32.4 Å². The summed E-state index contributed by atoms with van der Waals surface area (Å²) in [5.74, 6) is 0.860. The highest BCUT2D eigenvalue weighted by molar-refractivity contribution is 7.13. The van der Waals surface area contributed by atoms with Gasteiger partial charge >= 0.3 is 0 Å². The van der Waals surface area contributed by atoms with E-state index in [1.54, 1.807) is 18.4 Å². The van der Waals surface area contributed by atoms with E-state index in [-0.39, 0.29) is 0 Å². The van der Waals surface area contributed by atoms with Gasteiger partial charge in [0, 0.05) is 23.4 Å². The van der Waals surface area contributed by atoms with Crippen molar-refractivity contribution >= 4 is 33.1 Å². The predicted molar refractivity (Wildman–Crippen MR) is 118 cm³/mol. The zero-order chi connectivity index (χ0) is 19.6. The van der Waals surface area contributed by atoms with E-state index in [4.69, 9.17) is 14.5 Å². The van der Waals surface area contributed by atoms with Gasteiger partial charge in [-0.1, -0.05) is 42.5 Å². The number of hydrogen-bond acceptors (Lipinski definition) is 4. The van der Waals surface area contributed by atoms with Gasteiger partial charge in [0.25, 0.3) is 0 Å². The third-order valence-electron chi connectivity index (χ3n) is 5.01. The van der Waals surface area contributed by atoms with Crippen LogP contribution in [0.4, 0.5) is 0 Å². The second kappa shape index (κ2) is 7.70. The van der Waals surface area contributed by atoms with Crippen molar-refractivity contribution in [2.45, 2.75) is 13.2 Å². The van der Waals surface area contributed by atoms with Crippen LogP contribution in [0.5, 0.6) is 5.75 Å². The van der Waals surface area contributed by atoms with Crippen LogP contribution < -0.4 is 4.74 Å². The topological polar surface area (TPSA) is 47.1 Å². The maximum absolute atomic E-state index is 6.26. The van der Waals surface area contributed by atoms with Crippen molar-refractivity contribution in [3.05, 3.63) is 83.4 Å². The van der Waals surface area contributed by atoms with Crippen LogP contribution in [0, 0.1) is 0 Å². The van der Waals surface area contributed by atoms with Crippen molar-refractivity contribution in [1.29, 1.82) is 0 Å². The molecule has 5 rings (SSSR count). The summed E-state index contributed by atoms with van der Waals surface area (Å²) in [7, 11) is 1.72. The Morgan fingerprint density at radius 1 is 0.897 bits per heavy atom. The number of hydrogen-bond donors (Lipinski definition) is 1. The molecule has 5 aromatic rings. The standard InChI is InChI=1S/C24H20N2O2S/c1-27-15-17-22-19(13-25-24(17)21-11-6-12-29-21)26-18-9-5-10-20(23(18)22)28-14-16-7-3-2-4-8-16/h2-13,26H,14-15H2,1H3. The van der Waals surface area contributed by atoms with Crippen LogP contribution >= 0.6 is 11.3 Å². The van der Waals surface area contributed by atoms with Gasteiger partial charge in [-0.25, -0.2) is 0 Å². The molecule has 1 N–H and O–H groups in total.